The lowest BCUT2D eigenvalue weighted by molar-refractivity contribution is 0.591. The highest BCUT2D eigenvalue weighted by Crippen LogP contribution is 2.13. The fraction of sp³-hybridized carbons (Fsp3) is 0.429. The molecule has 0 saturated carbocycles. The van der Waals surface area contributed by atoms with Crippen LogP contribution in [0.5, 0.6) is 0 Å². The van der Waals surface area contributed by atoms with Crippen molar-refractivity contribution in [3.63, 3.8) is 0 Å². The number of aryl methyl sites for hydroxylation is 1. The summed E-state index contributed by atoms with van der Waals surface area (Å²) in [5, 5.41) is -0.0972. The lowest BCUT2D eigenvalue weighted by Crippen LogP contribution is -2.08. The molecule has 0 spiro atoms. The van der Waals surface area contributed by atoms with Crippen molar-refractivity contribution in [2.45, 2.75) is 19.0 Å². The molecular weight excluding hydrogens is 303 g/mol. The first-order chi connectivity index (χ1) is 5.82. The summed E-state index contributed by atoms with van der Waals surface area (Å²) in [5.41, 5.74) is 1.63. The number of rotatable bonds is 1. The average Bonchev–Trinajstić information content (AvgIpc) is 1.97. The van der Waals surface area contributed by atoms with Crippen LogP contribution in [0.1, 0.15) is 11.3 Å². The lowest BCUT2D eigenvalue weighted by atomic mass is 10.3. The van der Waals surface area contributed by atoms with Gasteiger partial charge in [-0.05, 0) is 36.4 Å². The van der Waals surface area contributed by atoms with Crippen molar-refractivity contribution in [3.8, 4) is 0 Å². The summed E-state index contributed by atoms with van der Waals surface area (Å²) in [6.45, 7) is 3.64. The molecule has 0 aliphatic rings. The Morgan fingerprint density at radius 2 is 1.77 bits per heavy atom. The van der Waals surface area contributed by atoms with Gasteiger partial charge in [-0.25, -0.2) is 18.4 Å². The summed E-state index contributed by atoms with van der Waals surface area (Å²) in [5.74, 6) is 0. The molecule has 0 aliphatic heterocycles. The van der Waals surface area contributed by atoms with Crippen LogP contribution in [-0.2, 0) is 9.84 Å². The molecule has 0 saturated heterocycles. The van der Waals surface area contributed by atoms with Gasteiger partial charge < -0.3 is 0 Å². The Labute approximate surface area is 90.9 Å². The van der Waals surface area contributed by atoms with E-state index < -0.39 is 9.84 Å². The van der Waals surface area contributed by atoms with Gasteiger partial charge in [-0.2, -0.15) is 0 Å². The number of halogens is 1. The maximum Gasteiger partial charge on any atom is 0.248 e. The van der Waals surface area contributed by atoms with Gasteiger partial charge in [-0.3, -0.25) is 0 Å². The minimum atomic E-state index is -3.29. The Kier molecular flexibility index (Phi) is 2.91. The molecule has 4 nitrogen and oxygen atoms in total. The maximum atomic E-state index is 11.1. The van der Waals surface area contributed by atoms with E-state index >= 15 is 0 Å². The predicted octanol–water partition coefficient (Wildman–Crippen LogP) is 1.10. The van der Waals surface area contributed by atoms with Crippen LogP contribution in [0.4, 0.5) is 0 Å². The lowest BCUT2D eigenvalue weighted by Gasteiger charge is -2.03. The fourth-order valence-electron chi connectivity index (χ4n) is 0.735. The number of hydrogen-bond acceptors (Lipinski definition) is 4. The first-order valence-corrected chi connectivity index (χ1v) is 6.50. The van der Waals surface area contributed by atoms with Crippen LogP contribution in [0.3, 0.4) is 0 Å². The van der Waals surface area contributed by atoms with Gasteiger partial charge in [0.15, 0.2) is 0 Å². The Balaban J connectivity index is 3.47. The van der Waals surface area contributed by atoms with Gasteiger partial charge in [0.05, 0.1) is 0 Å². The van der Waals surface area contributed by atoms with Gasteiger partial charge >= 0.3 is 0 Å². The van der Waals surface area contributed by atoms with E-state index in [0.29, 0.717) is 9.39 Å². The molecule has 1 rings (SSSR count). The number of nitrogens with zero attached hydrogens (tertiary/aromatic N) is 2. The third-order valence-corrected chi connectivity index (χ3v) is 3.54. The van der Waals surface area contributed by atoms with Gasteiger partial charge in [-0.15, -0.1) is 0 Å². The summed E-state index contributed by atoms with van der Waals surface area (Å²) in [4.78, 5) is 7.79. The summed E-state index contributed by atoms with van der Waals surface area (Å²) in [6, 6.07) is 0. The molecule has 1 aromatic heterocycles. The third kappa shape index (κ3) is 2.37. The Morgan fingerprint density at radius 1 is 1.23 bits per heavy atom. The summed E-state index contributed by atoms with van der Waals surface area (Å²) in [7, 11) is -3.29. The maximum absolute atomic E-state index is 11.1. The van der Waals surface area contributed by atoms with Crippen LogP contribution in [-0.4, -0.2) is 24.6 Å². The highest BCUT2D eigenvalue weighted by molar-refractivity contribution is 14.1. The molecular formula is C7H9IN2O2S. The third-order valence-electron chi connectivity index (χ3n) is 1.64. The monoisotopic (exact) mass is 312 g/mol. The molecule has 1 heterocycles. The first-order valence-electron chi connectivity index (χ1n) is 3.53. The van der Waals surface area contributed by atoms with Crippen LogP contribution in [0.15, 0.2) is 5.16 Å². The second-order valence-corrected chi connectivity index (χ2v) is 5.71. The zero-order valence-electron chi connectivity index (χ0n) is 7.50. The van der Waals surface area contributed by atoms with E-state index in [1.54, 1.807) is 6.92 Å². The Morgan fingerprint density at radius 3 is 2.15 bits per heavy atom. The molecule has 0 unspecified atom stereocenters. The second-order valence-electron chi connectivity index (χ2n) is 2.78. The van der Waals surface area contributed by atoms with E-state index in [2.05, 4.69) is 9.97 Å². The summed E-state index contributed by atoms with van der Waals surface area (Å²) >= 11 is 2.00. The van der Waals surface area contributed by atoms with E-state index in [1.807, 2.05) is 29.5 Å². The van der Waals surface area contributed by atoms with Crippen molar-refractivity contribution in [1.29, 1.82) is 0 Å². The van der Waals surface area contributed by atoms with Gasteiger partial charge in [0.2, 0.25) is 15.0 Å². The summed E-state index contributed by atoms with van der Waals surface area (Å²) in [6.07, 6.45) is 1.10. The van der Waals surface area contributed by atoms with Crippen LogP contribution >= 0.6 is 22.6 Å². The quantitative estimate of drug-likeness (QED) is 0.443. The standard InChI is InChI=1S/C7H9IN2O2S/c1-4-5(2)9-7(10-6(4)8)13(3,11)12/h1-3H3. The number of sulfone groups is 1. The molecule has 0 aromatic carbocycles. The molecule has 0 atom stereocenters. The molecule has 0 amide bonds. The van der Waals surface area contributed by atoms with Crippen LogP contribution in [0.25, 0.3) is 0 Å². The largest absolute Gasteiger partial charge is 0.248 e. The SMILES string of the molecule is Cc1nc(S(C)(=O)=O)nc(I)c1C. The first kappa shape index (κ1) is 10.8. The molecule has 72 valence electrons. The minimum Gasteiger partial charge on any atom is -0.223 e. The molecule has 0 radical (unpaired) electrons. The van der Waals surface area contributed by atoms with Crippen molar-refractivity contribution in [3.05, 3.63) is 15.0 Å². The van der Waals surface area contributed by atoms with Crippen molar-refractivity contribution >= 4 is 32.4 Å². The van der Waals surface area contributed by atoms with Crippen molar-refractivity contribution < 1.29 is 8.42 Å². The Bertz CT molecular complexity index is 419. The van der Waals surface area contributed by atoms with Gasteiger partial charge in [0, 0.05) is 17.5 Å². The van der Waals surface area contributed by atoms with Gasteiger partial charge in [0.25, 0.3) is 0 Å². The van der Waals surface area contributed by atoms with Crippen molar-refractivity contribution in [2.24, 2.45) is 0 Å². The fourth-order valence-corrected chi connectivity index (χ4v) is 2.08. The van der Waals surface area contributed by atoms with E-state index in [4.69, 9.17) is 0 Å². The summed E-state index contributed by atoms with van der Waals surface area (Å²) < 4.78 is 22.9. The smallest absolute Gasteiger partial charge is 0.223 e. The van der Waals surface area contributed by atoms with E-state index in [-0.39, 0.29) is 5.16 Å². The van der Waals surface area contributed by atoms with Crippen molar-refractivity contribution in [2.75, 3.05) is 6.26 Å². The van der Waals surface area contributed by atoms with Crippen LogP contribution in [0.2, 0.25) is 0 Å². The van der Waals surface area contributed by atoms with Gasteiger partial charge in [-0.1, -0.05) is 0 Å². The second kappa shape index (κ2) is 3.49. The molecule has 1 aromatic rings. The van der Waals surface area contributed by atoms with Crippen molar-refractivity contribution in [1.82, 2.24) is 9.97 Å². The van der Waals surface area contributed by atoms with E-state index in [9.17, 15) is 8.42 Å². The van der Waals surface area contributed by atoms with Crippen LogP contribution < -0.4 is 0 Å². The molecule has 0 N–H and O–H groups in total. The molecule has 6 heteroatoms. The minimum absolute atomic E-state index is 0.0972. The predicted molar refractivity (Wildman–Crippen MR) is 57.3 cm³/mol. The molecule has 13 heavy (non-hydrogen) atoms. The molecule has 0 bridgehead atoms. The zero-order valence-corrected chi connectivity index (χ0v) is 10.5. The van der Waals surface area contributed by atoms with E-state index in [0.717, 1.165) is 11.8 Å². The van der Waals surface area contributed by atoms with Crippen LogP contribution in [0, 0.1) is 17.5 Å². The normalized spacial score (nSPS) is 11.7. The zero-order chi connectivity index (χ0) is 10.2. The molecule has 0 fully saturated rings. The number of aromatic nitrogens is 2. The highest BCUT2D eigenvalue weighted by Gasteiger charge is 2.14. The van der Waals surface area contributed by atoms with Gasteiger partial charge in [0.1, 0.15) is 3.70 Å². The number of hydrogen-bond donors (Lipinski definition) is 0. The highest BCUT2D eigenvalue weighted by atomic mass is 127. The molecule has 0 aliphatic carbocycles. The topological polar surface area (TPSA) is 59.9 Å². The Hall–Kier alpha value is -0.240. The van der Waals surface area contributed by atoms with E-state index in [1.165, 1.54) is 0 Å². The average molecular weight is 312 g/mol.